The lowest BCUT2D eigenvalue weighted by atomic mass is 10.0. The lowest BCUT2D eigenvalue weighted by Gasteiger charge is -2.25. The lowest BCUT2D eigenvalue weighted by Crippen LogP contribution is -2.37. The van der Waals surface area contributed by atoms with Gasteiger partial charge in [0.25, 0.3) is 0 Å². The zero-order chi connectivity index (χ0) is 22.7. The van der Waals surface area contributed by atoms with Crippen LogP contribution in [-0.2, 0) is 17.6 Å². The highest BCUT2D eigenvalue weighted by Crippen LogP contribution is 2.26. The van der Waals surface area contributed by atoms with Crippen molar-refractivity contribution < 1.29 is 18.7 Å². The molecule has 6 nitrogen and oxygen atoms in total. The number of ether oxygens (including phenoxy) is 2. The molecule has 0 aliphatic carbocycles. The number of carbonyl (C=O) groups excluding carboxylic acids is 1. The second kappa shape index (κ2) is 9.47. The molecule has 1 aliphatic heterocycles. The summed E-state index contributed by atoms with van der Waals surface area (Å²) in [6.07, 6.45) is 3.46. The average Bonchev–Trinajstić information content (AvgIpc) is 3.26. The van der Waals surface area contributed by atoms with E-state index in [0.29, 0.717) is 29.7 Å². The lowest BCUT2D eigenvalue weighted by molar-refractivity contribution is -0.131. The van der Waals surface area contributed by atoms with E-state index in [1.807, 2.05) is 42.2 Å². The molecule has 1 unspecified atom stereocenters. The van der Waals surface area contributed by atoms with Crippen LogP contribution in [0.1, 0.15) is 36.0 Å². The maximum absolute atomic E-state index is 13.1. The fourth-order valence-corrected chi connectivity index (χ4v) is 4.61. The van der Waals surface area contributed by atoms with Gasteiger partial charge in [0.1, 0.15) is 17.1 Å². The highest BCUT2D eigenvalue weighted by molar-refractivity contribution is 5.83. The van der Waals surface area contributed by atoms with E-state index in [2.05, 4.69) is 6.07 Å². The quantitative estimate of drug-likeness (QED) is 0.518. The largest absolute Gasteiger partial charge is 0.497 e. The van der Waals surface area contributed by atoms with Crippen molar-refractivity contribution >= 4 is 16.9 Å². The minimum absolute atomic E-state index is 0.0871. The van der Waals surface area contributed by atoms with Crippen molar-refractivity contribution in [3.63, 3.8) is 0 Å². The summed E-state index contributed by atoms with van der Waals surface area (Å²) in [5.41, 5.74) is 2.71. The molecule has 1 saturated heterocycles. The van der Waals surface area contributed by atoms with Gasteiger partial charge in [-0.25, -0.2) is 4.79 Å². The van der Waals surface area contributed by atoms with E-state index in [-0.39, 0.29) is 17.6 Å². The van der Waals surface area contributed by atoms with Crippen molar-refractivity contribution in [3.05, 3.63) is 69.6 Å². The van der Waals surface area contributed by atoms with Gasteiger partial charge in [0.05, 0.1) is 14.2 Å². The van der Waals surface area contributed by atoms with E-state index in [1.165, 1.54) is 0 Å². The van der Waals surface area contributed by atoms with E-state index in [1.54, 1.807) is 20.3 Å². The number of aryl methyl sites for hydroxylation is 1. The van der Waals surface area contributed by atoms with Crippen LogP contribution < -0.4 is 15.1 Å². The molecule has 1 atom stereocenters. The monoisotopic (exact) mass is 435 g/mol. The SMILES string of the molecule is COc1cccc(CC2CCCN2C(=O)CCc2c(C)c3ccc(OC)cc3oc2=O)c1. The molecule has 1 aromatic heterocycles. The number of benzene rings is 2. The van der Waals surface area contributed by atoms with Crippen LogP contribution in [0.2, 0.25) is 0 Å². The third-order valence-electron chi connectivity index (χ3n) is 6.39. The maximum atomic E-state index is 13.1. The Hall–Kier alpha value is -3.28. The van der Waals surface area contributed by atoms with Crippen LogP contribution >= 0.6 is 0 Å². The van der Waals surface area contributed by atoms with Crippen LogP contribution in [0.5, 0.6) is 11.5 Å². The summed E-state index contributed by atoms with van der Waals surface area (Å²) in [6, 6.07) is 13.6. The average molecular weight is 436 g/mol. The predicted octanol–water partition coefficient (Wildman–Crippen LogP) is 4.28. The van der Waals surface area contributed by atoms with Crippen molar-refractivity contribution in [2.75, 3.05) is 20.8 Å². The van der Waals surface area contributed by atoms with Gasteiger partial charge in [-0.05, 0) is 68.0 Å². The molecule has 6 heteroatoms. The van der Waals surface area contributed by atoms with Gasteiger partial charge in [0, 0.05) is 36.0 Å². The van der Waals surface area contributed by atoms with Gasteiger partial charge >= 0.3 is 5.63 Å². The fourth-order valence-electron chi connectivity index (χ4n) is 4.61. The standard InChI is InChI=1S/C26H29NO5/c1-17-22-10-9-21(31-3)16-24(22)32-26(29)23(17)11-12-25(28)27-13-5-7-19(27)14-18-6-4-8-20(15-18)30-2/h4,6,8-10,15-16,19H,5,7,11-14H2,1-3H3. The Bertz CT molecular complexity index is 1180. The molecule has 3 aromatic rings. The summed E-state index contributed by atoms with van der Waals surface area (Å²) < 4.78 is 16.1. The molecule has 0 spiro atoms. The van der Waals surface area contributed by atoms with Crippen LogP contribution in [0, 0.1) is 6.92 Å². The van der Waals surface area contributed by atoms with E-state index < -0.39 is 0 Å². The van der Waals surface area contributed by atoms with Crippen molar-refractivity contribution in [2.45, 2.75) is 45.1 Å². The smallest absolute Gasteiger partial charge is 0.339 e. The number of rotatable bonds is 7. The number of carbonyl (C=O) groups is 1. The third kappa shape index (κ3) is 4.49. The molecule has 4 rings (SSSR count). The Morgan fingerprint density at radius 2 is 1.91 bits per heavy atom. The first-order valence-electron chi connectivity index (χ1n) is 11.0. The number of likely N-dealkylation sites (tertiary alicyclic amines) is 1. The highest BCUT2D eigenvalue weighted by Gasteiger charge is 2.29. The van der Waals surface area contributed by atoms with Gasteiger partial charge in [-0.2, -0.15) is 0 Å². The van der Waals surface area contributed by atoms with Crippen molar-refractivity contribution in [1.82, 2.24) is 4.90 Å². The molecule has 0 N–H and O–H groups in total. The Labute approximate surface area is 187 Å². The zero-order valence-electron chi connectivity index (χ0n) is 18.8. The normalized spacial score (nSPS) is 15.8. The summed E-state index contributed by atoms with van der Waals surface area (Å²) in [5.74, 6) is 1.55. The van der Waals surface area contributed by atoms with E-state index in [9.17, 15) is 9.59 Å². The first-order valence-corrected chi connectivity index (χ1v) is 11.0. The van der Waals surface area contributed by atoms with E-state index >= 15 is 0 Å². The number of hydrogen-bond donors (Lipinski definition) is 0. The summed E-state index contributed by atoms with van der Waals surface area (Å²) in [4.78, 5) is 27.6. The minimum atomic E-state index is -0.384. The molecule has 2 heterocycles. The number of fused-ring (bicyclic) bond motifs is 1. The van der Waals surface area contributed by atoms with Crippen LogP contribution in [0.4, 0.5) is 0 Å². The molecule has 0 radical (unpaired) electrons. The summed E-state index contributed by atoms with van der Waals surface area (Å²) in [5, 5.41) is 0.866. The molecular weight excluding hydrogens is 406 g/mol. The molecule has 1 fully saturated rings. The first-order chi connectivity index (χ1) is 15.5. The van der Waals surface area contributed by atoms with E-state index in [4.69, 9.17) is 13.9 Å². The third-order valence-corrected chi connectivity index (χ3v) is 6.39. The minimum Gasteiger partial charge on any atom is -0.497 e. The van der Waals surface area contributed by atoms with Crippen molar-refractivity contribution in [1.29, 1.82) is 0 Å². The van der Waals surface area contributed by atoms with Crippen LogP contribution in [0.3, 0.4) is 0 Å². The fraction of sp³-hybridized carbons (Fsp3) is 0.385. The molecule has 0 bridgehead atoms. The molecule has 0 saturated carbocycles. The highest BCUT2D eigenvalue weighted by atomic mass is 16.5. The molecular formula is C26H29NO5. The molecule has 32 heavy (non-hydrogen) atoms. The zero-order valence-corrected chi connectivity index (χ0v) is 18.8. The van der Waals surface area contributed by atoms with Crippen molar-refractivity contribution in [3.8, 4) is 11.5 Å². The number of hydrogen-bond acceptors (Lipinski definition) is 5. The van der Waals surface area contributed by atoms with Gasteiger partial charge in [-0.1, -0.05) is 12.1 Å². The number of nitrogens with zero attached hydrogens (tertiary/aromatic N) is 1. The Morgan fingerprint density at radius 1 is 1.12 bits per heavy atom. The summed E-state index contributed by atoms with van der Waals surface area (Å²) in [7, 11) is 3.23. The second-order valence-corrected chi connectivity index (χ2v) is 8.29. The summed E-state index contributed by atoms with van der Waals surface area (Å²) >= 11 is 0. The van der Waals surface area contributed by atoms with Crippen molar-refractivity contribution in [2.24, 2.45) is 0 Å². The maximum Gasteiger partial charge on any atom is 0.339 e. The first kappa shape index (κ1) is 21.9. The van der Waals surface area contributed by atoms with Gasteiger partial charge in [0.15, 0.2) is 0 Å². The summed E-state index contributed by atoms with van der Waals surface area (Å²) in [6.45, 7) is 2.67. The molecule has 1 amide bonds. The number of amides is 1. The van der Waals surface area contributed by atoms with Crippen LogP contribution in [0.15, 0.2) is 51.7 Å². The number of methoxy groups -OCH3 is 2. The van der Waals surface area contributed by atoms with Gasteiger partial charge in [-0.15, -0.1) is 0 Å². The van der Waals surface area contributed by atoms with Crippen LogP contribution in [-0.4, -0.2) is 37.6 Å². The Kier molecular flexibility index (Phi) is 6.49. The van der Waals surface area contributed by atoms with Gasteiger partial charge < -0.3 is 18.8 Å². The van der Waals surface area contributed by atoms with Gasteiger partial charge in [-0.3, -0.25) is 4.79 Å². The molecule has 168 valence electrons. The second-order valence-electron chi connectivity index (χ2n) is 8.29. The van der Waals surface area contributed by atoms with Crippen LogP contribution in [0.25, 0.3) is 11.0 Å². The van der Waals surface area contributed by atoms with E-state index in [0.717, 1.165) is 48.1 Å². The molecule has 1 aliphatic rings. The topological polar surface area (TPSA) is 69.0 Å². The molecule has 2 aromatic carbocycles. The Balaban J connectivity index is 1.47. The Morgan fingerprint density at radius 3 is 2.69 bits per heavy atom. The predicted molar refractivity (Wildman–Crippen MR) is 124 cm³/mol. The van der Waals surface area contributed by atoms with Gasteiger partial charge in [0.2, 0.25) is 5.91 Å².